The Morgan fingerprint density at radius 1 is 1.03 bits per heavy atom. The highest BCUT2D eigenvalue weighted by Crippen LogP contribution is 2.35. The van der Waals surface area contributed by atoms with Crippen molar-refractivity contribution in [3.8, 4) is 22.8 Å². The summed E-state index contributed by atoms with van der Waals surface area (Å²) in [5, 5.41) is 11.3. The van der Waals surface area contributed by atoms with Crippen LogP contribution < -0.4 is 19.7 Å². The molecule has 0 spiro atoms. The summed E-state index contributed by atoms with van der Waals surface area (Å²) in [6, 6.07) is 11.6. The van der Waals surface area contributed by atoms with Crippen molar-refractivity contribution in [1.29, 1.82) is 0 Å². The Hall–Kier alpha value is -4.86. The summed E-state index contributed by atoms with van der Waals surface area (Å²) < 4.78 is 16.9. The van der Waals surface area contributed by atoms with Crippen LogP contribution in [0.1, 0.15) is 35.5 Å². The van der Waals surface area contributed by atoms with Gasteiger partial charge in [-0.2, -0.15) is 0 Å². The second-order valence-corrected chi connectivity index (χ2v) is 7.99. The molecule has 0 unspecified atom stereocenters. The summed E-state index contributed by atoms with van der Waals surface area (Å²) >= 11 is 0. The first-order valence-electron chi connectivity index (χ1n) is 11.5. The number of carbonyl (C=O) groups is 4. The molecule has 4 amide bonds. The van der Waals surface area contributed by atoms with E-state index in [0.717, 1.165) is 4.90 Å². The van der Waals surface area contributed by atoms with Gasteiger partial charge >= 0.3 is 12.0 Å². The Balaban J connectivity index is 1.68. The Morgan fingerprint density at radius 3 is 2.46 bits per heavy atom. The number of anilines is 1. The van der Waals surface area contributed by atoms with Gasteiger partial charge in [0, 0.05) is 11.6 Å². The number of barbiturate groups is 1. The van der Waals surface area contributed by atoms with Crippen molar-refractivity contribution in [3.63, 3.8) is 0 Å². The number of urea groups is 1. The van der Waals surface area contributed by atoms with Crippen molar-refractivity contribution in [2.75, 3.05) is 18.1 Å². The van der Waals surface area contributed by atoms with Gasteiger partial charge in [-0.25, -0.2) is 14.5 Å². The number of carboxylic acids is 1. The van der Waals surface area contributed by atoms with Crippen LogP contribution in [0.3, 0.4) is 0 Å². The molecule has 0 atom stereocenters. The molecular formula is C27H24N2O8. The Bertz CT molecular complexity index is 1440. The zero-order valence-corrected chi connectivity index (χ0v) is 20.4. The third kappa shape index (κ3) is 5.08. The molecule has 2 heterocycles. The van der Waals surface area contributed by atoms with E-state index in [1.165, 1.54) is 24.3 Å². The standard InChI is InChI=1S/C27H24N2O8/c1-4-35-17-7-10-21(23(14-17)36-5-2)29-25(31)20(24(30)28-27(29)34)13-18-8-11-22(37-18)19-9-6-16(26(32)33)12-15(19)3/h6-14H,4-5H2,1-3H3,(H,32,33)(H,28,30,34)/b20-13+. The Kier molecular flexibility index (Phi) is 7.10. The van der Waals surface area contributed by atoms with Crippen molar-refractivity contribution in [3.05, 3.63) is 71.0 Å². The smallest absolute Gasteiger partial charge is 0.336 e. The maximum absolute atomic E-state index is 13.3. The second-order valence-electron chi connectivity index (χ2n) is 7.99. The molecule has 0 saturated carbocycles. The molecule has 2 aromatic carbocycles. The van der Waals surface area contributed by atoms with E-state index in [2.05, 4.69) is 5.32 Å². The number of hydrogen-bond donors (Lipinski definition) is 2. The Morgan fingerprint density at radius 2 is 1.78 bits per heavy atom. The number of rotatable bonds is 8. The molecule has 1 fully saturated rings. The van der Waals surface area contributed by atoms with Crippen LogP contribution in [0.4, 0.5) is 10.5 Å². The lowest BCUT2D eigenvalue weighted by molar-refractivity contribution is -0.122. The first-order valence-corrected chi connectivity index (χ1v) is 11.5. The molecule has 1 aliphatic rings. The molecular weight excluding hydrogens is 480 g/mol. The number of hydrogen-bond acceptors (Lipinski definition) is 7. The number of carboxylic acid groups (broad SMARTS) is 1. The fraction of sp³-hybridized carbons (Fsp3) is 0.185. The van der Waals surface area contributed by atoms with E-state index in [1.54, 1.807) is 44.2 Å². The van der Waals surface area contributed by atoms with Crippen LogP contribution in [0.5, 0.6) is 11.5 Å². The molecule has 1 saturated heterocycles. The van der Waals surface area contributed by atoms with Crippen LogP contribution in [-0.2, 0) is 9.59 Å². The predicted molar refractivity (Wildman–Crippen MR) is 134 cm³/mol. The number of ether oxygens (including phenoxy) is 2. The highest BCUT2D eigenvalue weighted by molar-refractivity contribution is 6.39. The molecule has 1 aliphatic heterocycles. The van der Waals surface area contributed by atoms with Gasteiger partial charge in [-0.3, -0.25) is 14.9 Å². The molecule has 10 heteroatoms. The molecule has 190 valence electrons. The van der Waals surface area contributed by atoms with Crippen LogP contribution in [-0.4, -0.2) is 42.1 Å². The number of nitrogens with one attached hydrogen (secondary N) is 1. The number of amides is 4. The van der Waals surface area contributed by atoms with Gasteiger partial charge in [0.2, 0.25) is 0 Å². The van der Waals surface area contributed by atoms with Crippen LogP contribution in [0.2, 0.25) is 0 Å². The molecule has 10 nitrogen and oxygen atoms in total. The SMILES string of the molecule is CCOc1ccc(N2C(=O)NC(=O)/C(=C\c3ccc(-c4ccc(C(=O)O)cc4C)o3)C2=O)c(OCC)c1. The molecule has 4 rings (SSSR count). The van der Waals surface area contributed by atoms with Crippen molar-refractivity contribution in [1.82, 2.24) is 5.32 Å². The van der Waals surface area contributed by atoms with Crippen LogP contribution in [0.15, 0.2) is 58.5 Å². The number of benzene rings is 2. The molecule has 2 N–H and O–H groups in total. The van der Waals surface area contributed by atoms with Gasteiger partial charge in [-0.15, -0.1) is 0 Å². The lowest BCUT2D eigenvalue weighted by Gasteiger charge is -2.27. The average Bonchev–Trinajstić information content (AvgIpc) is 3.31. The summed E-state index contributed by atoms with van der Waals surface area (Å²) in [7, 11) is 0. The molecule has 0 aliphatic carbocycles. The maximum atomic E-state index is 13.3. The molecule has 0 bridgehead atoms. The molecule has 1 aromatic heterocycles. The molecule has 0 radical (unpaired) electrons. The van der Waals surface area contributed by atoms with Gasteiger partial charge in [0.25, 0.3) is 11.8 Å². The molecule has 37 heavy (non-hydrogen) atoms. The van der Waals surface area contributed by atoms with Crippen molar-refractivity contribution in [2.45, 2.75) is 20.8 Å². The van der Waals surface area contributed by atoms with Gasteiger partial charge in [-0.05, 0) is 68.8 Å². The fourth-order valence-electron chi connectivity index (χ4n) is 3.87. The van der Waals surface area contributed by atoms with Gasteiger partial charge in [0.1, 0.15) is 28.6 Å². The van der Waals surface area contributed by atoms with Crippen molar-refractivity contribution < 1.29 is 38.2 Å². The first-order chi connectivity index (χ1) is 17.7. The number of nitrogens with zero attached hydrogens (tertiary/aromatic N) is 1. The number of aryl methyl sites for hydroxylation is 1. The van der Waals surface area contributed by atoms with E-state index in [-0.39, 0.29) is 34.9 Å². The summed E-state index contributed by atoms with van der Waals surface area (Å²) in [4.78, 5) is 50.6. The van der Waals surface area contributed by atoms with E-state index >= 15 is 0 Å². The summed E-state index contributed by atoms with van der Waals surface area (Å²) in [5.41, 5.74) is 1.32. The zero-order chi connectivity index (χ0) is 26.7. The minimum atomic E-state index is -1.04. The minimum absolute atomic E-state index is 0.144. The predicted octanol–water partition coefficient (Wildman–Crippen LogP) is 4.42. The highest BCUT2D eigenvalue weighted by atomic mass is 16.5. The van der Waals surface area contributed by atoms with Gasteiger partial charge < -0.3 is 19.0 Å². The quantitative estimate of drug-likeness (QED) is 0.340. The van der Waals surface area contributed by atoms with Crippen LogP contribution >= 0.6 is 0 Å². The van der Waals surface area contributed by atoms with E-state index in [0.29, 0.717) is 29.2 Å². The highest BCUT2D eigenvalue weighted by Gasteiger charge is 2.38. The Labute approximate surface area is 212 Å². The summed E-state index contributed by atoms with van der Waals surface area (Å²) in [6.07, 6.45) is 1.25. The number of imide groups is 2. The van der Waals surface area contributed by atoms with E-state index in [9.17, 15) is 24.3 Å². The first kappa shape index (κ1) is 25.2. The van der Waals surface area contributed by atoms with Gasteiger partial charge in [0.15, 0.2) is 0 Å². The van der Waals surface area contributed by atoms with Gasteiger partial charge in [0.05, 0.1) is 24.5 Å². The summed E-state index contributed by atoms with van der Waals surface area (Å²) in [5.74, 6) is -1.40. The van der Waals surface area contributed by atoms with E-state index < -0.39 is 23.8 Å². The second kappa shape index (κ2) is 10.4. The van der Waals surface area contributed by atoms with E-state index in [4.69, 9.17) is 13.9 Å². The topological polar surface area (TPSA) is 135 Å². The maximum Gasteiger partial charge on any atom is 0.336 e. The van der Waals surface area contributed by atoms with Crippen molar-refractivity contribution >= 4 is 35.6 Å². The minimum Gasteiger partial charge on any atom is -0.494 e. The molecule has 3 aromatic rings. The van der Waals surface area contributed by atoms with Gasteiger partial charge in [-0.1, -0.05) is 6.07 Å². The lowest BCUT2D eigenvalue weighted by atomic mass is 10.0. The van der Waals surface area contributed by atoms with Crippen LogP contribution in [0.25, 0.3) is 17.4 Å². The summed E-state index contributed by atoms with van der Waals surface area (Å²) in [6.45, 7) is 6.02. The number of carbonyl (C=O) groups excluding carboxylic acids is 3. The number of aromatic carboxylic acids is 1. The van der Waals surface area contributed by atoms with Crippen molar-refractivity contribution in [2.24, 2.45) is 0 Å². The lowest BCUT2D eigenvalue weighted by Crippen LogP contribution is -2.54. The average molecular weight is 504 g/mol. The monoisotopic (exact) mass is 504 g/mol. The largest absolute Gasteiger partial charge is 0.494 e. The third-order valence-corrected chi connectivity index (χ3v) is 5.54. The fourth-order valence-corrected chi connectivity index (χ4v) is 3.87. The third-order valence-electron chi connectivity index (χ3n) is 5.54. The normalized spacial score (nSPS) is 14.6. The van der Waals surface area contributed by atoms with E-state index in [1.807, 2.05) is 6.92 Å². The zero-order valence-electron chi connectivity index (χ0n) is 20.4. The van der Waals surface area contributed by atoms with Crippen LogP contribution in [0, 0.1) is 6.92 Å². The number of furan rings is 1.